The van der Waals surface area contributed by atoms with Crippen LogP contribution in [0, 0.1) is 5.82 Å². The summed E-state index contributed by atoms with van der Waals surface area (Å²) in [5.41, 5.74) is 0.114. The Bertz CT molecular complexity index is 875. The lowest BCUT2D eigenvalue weighted by atomic mass is 9.87. The van der Waals surface area contributed by atoms with Crippen molar-refractivity contribution >= 4 is 23.5 Å². The highest BCUT2D eigenvalue weighted by molar-refractivity contribution is 6.30. The summed E-state index contributed by atoms with van der Waals surface area (Å²) in [7, 11) is 0. The van der Waals surface area contributed by atoms with E-state index in [4.69, 9.17) is 16.3 Å². The predicted molar refractivity (Wildman–Crippen MR) is 106 cm³/mol. The lowest BCUT2D eigenvalue weighted by molar-refractivity contribution is -0.133. The number of rotatable bonds is 8. The first kappa shape index (κ1) is 21.2. The molecule has 2 aromatic rings. The van der Waals surface area contributed by atoms with E-state index in [0.717, 1.165) is 10.5 Å². The van der Waals surface area contributed by atoms with Crippen molar-refractivity contribution in [1.29, 1.82) is 0 Å². The minimum absolute atomic E-state index is 0.0463. The zero-order chi connectivity index (χ0) is 21.0. The van der Waals surface area contributed by atoms with Gasteiger partial charge in [-0.05, 0) is 41.8 Å². The quantitative estimate of drug-likeness (QED) is 0.643. The number of ether oxygens (including phenoxy) is 1. The molecule has 6 nitrogen and oxygen atoms in total. The van der Waals surface area contributed by atoms with Gasteiger partial charge in [-0.3, -0.25) is 9.69 Å². The van der Waals surface area contributed by atoms with Gasteiger partial charge in [0.1, 0.15) is 11.4 Å². The third-order valence-corrected chi connectivity index (χ3v) is 5.18. The highest BCUT2D eigenvalue weighted by Gasteiger charge is 2.51. The number of hydrogen-bond donors (Lipinski definition) is 2. The normalized spacial score (nSPS) is 20.1. The molecular weight excluding hydrogens is 399 g/mol. The van der Waals surface area contributed by atoms with Crippen molar-refractivity contribution in [3.8, 4) is 0 Å². The number of carbonyl (C=O) groups is 2. The maximum atomic E-state index is 13.2. The van der Waals surface area contributed by atoms with Crippen LogP contribution in [0.4, 0.5) is 9.18 Å². The van der Waals surface area contributed by atoms with Crippen LogP contribution in [0.5, 0.6) is 0 Å². The van der Waals surface area contributed by atoms with Crippen molar-refractivity contribution < 1.29 is 23.8 Å². The molecule has 1 fully saturated rings. The van der Waals surface area contributed by atoms with E-state index in [-0.39, 0.29) is 19.8 Å². The molecule has 2 aromatic carbocycles. The van der Waals surface area contributed by atoms with Crippen LogP contribution in [0.1, 0.15) is 24.5 Å². The molecule has 8 heteroatoms. The van der Waals surface area contributed by atoms with E-state index in [2.05, 4.69) is 5.32 Å². The van der Waals surface area contributed by atoms with E-state index in [0.29, 0.717) is 17.0 Å². The molecule has 0 saturated carbocycles. The van der Waals surface area contributed by atoms with E-state index in [1.54, 1.807) is 19.1 Å². The molecule has 0 spiro atoms. The van der Waals surface area contributed by atoms with Crippen molar-refractivity contribution in [1.82, 2.24) is 10.2 Å². The van der Waals surface area contributed by atoms with Crippen molar-refractivity contribution in [2.75, 3.05) is 13.2 Å². The van der Waals surface area contributed by atoms with Gasteiger partial charge in [-0.1, -0.05) is 42.8 Å². The lowest BCUT2D eigenvalue weighted by Crippen LogP contribution is -2.44. The monoisotopic (exact) mass is 420 g/mol. The molecule has 1 aliphatic rings. The fraction of sp³-hybridized carbons (Fsp3) is 0.333. The molecule has 2 atom stereocenters. The number of aliphatic hydroxyl groups excluding tert-OH is 1. The van der Waals surface area contributed by atoms with Crippen LogP contribution in [0.2, 0.25) is 5.02 Å². The molecular formula is C21H22ClFN2O4. The average molecular weight is 421 g/mol. The van der Waals surface area contributed by atoms with Gasteiger partial charge in [0.25, 0.3) is 5.91 Å². The number of amides is 3. The second kappa shape index (κ2) is 8.90. The van der Waals surface area contributed by atoms with Crippen LogP contribution in [0.25, 0.3) is 0 Å². The smallest absolute Gasteiger partial charge is 0.325 e. The van der Waals surface area contributed by atoms with Gasteiger partial charge in [-0.15, -0.1) is 0 Å². The number of nitrogens with zero attached hydrogens (tertiary/aromatic N) is 1. The summed E-state index contributed by atoms with van der Waals surface area (Å²) >= 11 is 5.83. The standard InChI is InChI=1S/C21H22ClFN2O4/c1-2-21(15-5-9-17(23)10-6-15)19(27)25(20(28)24-21)11-18(26)13-29-12-14-3-7-16(22)8-4-14/h3-10,18,26H,2,11-13H2,1H3,(H,24,28). The largest absolute Gasteiger partial charge is 0.389 e. The van der Waals surface area contributed by atoms with E-state index >= 15 is 0 Å². The van der Waals surface area contributed by atoms with E-state index in [1.165, 1.54) is 24.3 Å². The number of benzene rings is 2. The first-order chi connectivity index (χ1) is 13.9. The van der Waals surface area contributed by atoms with E-state index in [1.807, 2.05) is 12.1 Å². The minimum Gasteiger partial charge on any atom is -0.389 e. The molecule has 1 heterocycles. The molecule has 29 heavy (non-hydrogen) atoms. The van der Waals surface area contributed by atoms with Crippen molar-refractivity contribution in [3.05, 3.63) is 70.5 Å². The number of urea groups is 1. The van der Waals surface area contributed by atoms with Gasteiger partial charge < -0.3 is 15.2 Å². The van der Waals surface area contributed by atoms with Crippen LogP contribution in [0.15, 0.2) is 48.5 Å². The molecule has 1 saturated heterocycles. The molecule has 0 bridgehead atoms. The first-order valence-corrected chi connectivity index (χ1v) is 9.64. The molecule has 0 aliphatic carbocycles. The highest BCUT2D eigenvalue weighted by atomic mass is 35.5. The summed E-state index contributed by atoms with van der Waals surface area (Å²) in [6, 6.07) is 11.9. The fourth-order valence-corrected chi connectivity index (χ4v) is 3.45. The Labute approximate surface area is 173 Å². The molecule has 154 valence electrons. The van der Waals surface area contributed by atoms with Crippen molar-refractivity contribution in [2.45, 2.75) is 31.6 Å². The first-order valence-electron chi connectivity index (χ1n) is 9.26. The fourth-order valence-electron chi connectivity index (χ4n) is 3.32. The minimum atomic E-state index is -1.27. The van der Waals surface area contributed by atoms with E-state index < -0.39 is 29.4 Å². The van der Waals surface area contributed by atoms with Gasteiger partial charge in [-0.2, -0.15) is 0 Å². The summed E-state index contributed by atoms with van der Waals surface area (Å²) in [6.45, 7) is 1.78. The number of halogens is 2. The summed E-state index contributed by atoms with van der Waals surface area (Å²) < 4.78 is 18.7. The third-order valence-electron chi connectivity index (χ3n) is 4.93. The molecule has 2 N–H and O–H groups in total. The Kier molecular flexibility index (Phi) is 6.52. The molecule has 2 unspecified atom stereocenters. The van der Waals surface area contributed by atoms with Gasteiger partial charge in [-0.25, -0.2) is 9.18 Å². The van der Waals surface area contributed by atoms with Gasteiger partial charge in [0.05, 0.1) is 25.9 Å². The number of carbonyl (C=O) groups excluding carboxylic acids is 2. The lowest BCUT2D eigenvalue weighted by Gasteiger charge is -2.26. The molecule has 0 aromatic heterocycles. The average Bonchev–Trinajstić information content (AvgIpc) is 2.95. The number of aliphatic hydroxyl groups is 1. The Morgan fingerprint density at radius 2 is 1.83 bits per heavy atom. The van der Waals surface area contributed by atoms with Crippen LogP contribution < -0.4 is 5.32 Å². The van der Waals surface area contributed by atoms with Gasteiger partial charge in [0.15, 0.2) is 0 Å². The van der Waals surface area contributed by atoms with Crippen LogP contribution >= 0.6 is 11.6 Å². The van der Waals surface area contributed by atoms with Crippen LogP contribution in [-0.2, 0) is 21.7 Å². The maximum absolute atomic E-state index is 13.2. The topological polar surface area (TPSA) is 78.9 Å². The van der Waals surface area contributed by atoms with Crippen LogP contribution in [0.3, 0.4) is 0 Å². The van der Waals surface area contributed by atoms with Crippen molar-refractivity contribution in [3.63, 3.8) is 0 Å². The highest BCUT2D eigenvalue weighted by Crippen LogP contribution is 2.32. The molecule has 3 rings (SSSR count). The van der Waals surface area contributed by atoms with Gasteiger partial charge in [0, 0.05) is 5.02 Å². The molecule has 1 aliphatic heterocycles. The van der Waals surface area contributed by atoms with E-state index in [9.17, 15) is 19.1 Å². The van der Waals surface area contributed by atoms with Crippen LogP contribution in [-0.4, -0.2) is 41.2 Å². The number of hydrogen-bond acceptors (Lipinski definition) is 4. The summed E-state index contributed by atoms with van der Waals surface area (Å²) in [5.74, 6) is -0.907. The SMILES string of the molecule is CCC1(c2ccc(F)cc2)NC(=O)N(CC(O)COCc2ccc(Cl)cc2)C1=O. The Hall–Kier alpha value is -2.48. The van der Waals surface area contributed by atoms with Crippen molar-refractivity contribution in [2.24, 2.45) is 0 Å². The summed E-state index contributed by atoms with van der Waals surface area (Å²) in [4.78, 5) is 26.4. The summed E-state index contributed by atoms with van der Waals surface area (Å²) in [5, 5.41) is 13.6. The summed E-state index contributed by atoms with van der Waals surface area (Å²) in [6.07, 6.45) is -0.749. The maximum Gasteiger partial charge on any atom is 0.325 e. The van der Waals surface area contributed by atoms with Gasteiger partial charge in [0.2, 0.25) is 0 Å². The number of nitrogens with one attached hydrogen (secondary N) is 1. The third kappa shape index (κ3) is 4.58. The predicted octanol–water partition coefficient (Wildman–Crippen LogP) is 3.21. The molecule has 3 amide bonds. The second-order valence-corrected chi connectivity index (χ2v) is 7.34. The number of imide groups is 1. The number of β-amino-alcohol motifs (C(OH)–C–C–N with tert-alkyl or cyclic N) is 1. The second-order valence-electron chi connectivity index (χ2n) is 6.91. The Morgan fingerprint density at radius 3 is 2.45 bits per heavy atom. The zero-order valence-electron chi connectivity index (χ0n) is 15.9. The Balaban J connectivity index is 1.61. The Morgan fingerprint density at radius 1 is 1.17 bits per heavy atom. The molecule has 0 radical (unpaired) electrons. The van der Waals surface area contributed by atoms with Gasteiger partial charge >= 0.3 is 6.03 Å². The zero-order valence-corrected chi connectivity index (χ0v) is 16.7.